The average molecular weight is 519 g/mol. The molecule has 7 rings (SSSR count). The molecule has 1 heterocycles. The van der Waals surface area contributed by atoms with Crippen molar-refractivity contribution < 1.29 is 0 Å². The highest BCUT2D eigenvalue weighted by Gasteiger charge is 2.15. The summed E-state index contributed by atoms with van der Waals surface area (Å²) in [5.41, 5.74) is 9.18. The summed E-state index contributed by atoms with van der Waals surface area (Å²) >= 11 is 1.86. The summed E-state index contributed by atoms with van der Waals surface area (Å²) in [5.74, 6) is 0. The van der Waals surface area contributed by atoms with Crippen LogP contribution in [-0.4, -0.2) is 0 Å². The Morgan fingerprint density at radius 2 is 0.923 bits per heavy atom. The second kappa shape index (κ2) is 10.1. The molecule has 0 aliphatic rings. The van der Waals surface area contributed by atoms with Gasteiger partial charge in [0.1, 0.15) is 0 Å². The molecule has 0 spiro atoms. The molecule has 0 fully saturated rings. The Kier molecular flexibility index (Phi) is 6.04. The lowest BCUT2D eigenvalue weighted by molar-refractivity contribution is 1.52. The number of fused-ring (bicyclic) bond motifs is 3. The summed E-state index contributed by atoms with van der Waals surface area (Å²) < 4.78 is 2.62. The van der Waals surface area contributed by atoms with Crippen LogP contribution in [0.2, 0.25) is 0 Å². The summed E-state index contributed by atoms with van der Waals surface area (Å²) in [6.07, 6.45) is 0. The van der Waals surface area contributed by atoms with Crippen LogP contribution in [-0.2, 0) is 0 Å². The van der Waals surface area contributed by atoms with Crippen LogP contribution in [0.25, 0.3) is 42.4 Å². The third-order valence-corrected chi connectivity index (χ3v) is 8.26. The second-order valence-electron chi connectivity index (χ2n) is 9.60. The van der Waals surface area contributed by atoms with E-state index in [4.69, 9.17) is 0 Å². The summed E-state index contributed by atoms with van der Waals surface area (Å²) in [5, 5.41) is 9.84. The predicted molar refractivity (Wildman–Crippen MR) is 170 cm³/mol. The number of benzene rings is 6. The fraction of sp³-hybridized carbons (Fsp3) is 0. The maximum absolute atomic E-state index is 3.70. The number of rotatable bonds is 6. The highest BCUT2D eigenvalue weighted by Crippen LogP contribution is 2.44. The molecule has 0 radical (unpaired) electrons. The lowest BCUT2D eigenvalue weighted by Gasteiger charge is -2.15. The maximum atomic E-state index is 3.70. The van der Waals surface area contributed by atoms with Gasteiger partial charge in [0.05, 0.1) is 0 Å². The Morgan fingerprint density at radius 1 is 0.385 bits per heavy atom. The molecule has 0 amide bonds. The quantitative estimate of drug-likeness (QED) is 0.229. The third-order valence-electron chi connectivity index (χ3n) is 7.05. The van der Waals surface area contributed by atoms with Gasteiger partial charge in [0.2, 0.25) is 0 Å². The van der Waals surface area contributed by atoms with Crippen molar-refractivity contribution in [3.63, 3.8) is 0 Å². The molecule has 2 N–H and O–H groups in total. The second-order valence-corrected chi connectivity index (χ2v) is 10.7. The van der Waals surface area contributed by atoms with Crippen molar-refractivity contribution in [2.75, 3.05) is 10.6 Å². The van der Waals surface area contributed by atoms with Gasteiger partial charge in [-0.2, -0.15) is 0 Å². The van der Waals surface area contributed by atoms with Gasteiger partial charge in [-0.05, 0) is 65.2 Å². The first-order valence-electron chi connectivity index (χ1n) is 13.1. The van der Waals surface area contributed by atoms with Crippen LogP contribution in [0.1, 0.15) is 0 Å². The van der Waals surface area contributed by atoms with E-state index in [0.29, 0.717) is 0 Å². The largest absolute Gasteiger partial charge is 0.356 e. The van der Waals surface area contributed by atoms with E-state index >= 15 is 0 Å². The molecule has 0 aliphatic heterocycles. The predicted octanol–water partition coefficient (Wildman–Crippen LogP) is 10.9. The van der Waals surface area contributed by atoms with Gasteiger partial charge in [0.15, 0.2) is 0 Å². The number of hydrogen-bond donors (Lipinski definition) is 2. The molecule has 186 valence electrons. The molecule has 0 aliphatic carbocycles. The summed E-state index contributed by atoms with van der Waals surface area (Å²) in [6, 6.07) is 51.3. The zero-order valence-electron chi connectivity index (χ0n) is 21.3. The van der Waals surface area contributed by atoms with E-state index in [1.165, 1.54) is 42.4 Å². The van der Waals surface area contributed by atoms with Crippen LogP contribution in [0, 0.1) is 0 Å². The Hall–Kier alpha value is -4.86. The molecular formula is C36H26N2S. The SMILES string of the molecule is c1ccc(-c2ccc(Nc3ccc(Nc4ccc5c(sc6ccccc65)c4-c4ccccc4)cc3)cc2)cc1. The first-order chi connectivity index (χ1) is 19.3. The molecular weight excluding hydrogens is 492 g/mol. The highest BCUT2D eigenvalue weighted by molar-refractivity contribution is 7.26. The van der Waals surface area contributed by atoms with Gasteiger partial charge in [-0.1, -0.05) is 97.1 Å². The first kappa shape index (κ1) is 23.3. The van der Waals surface area contributed by atoms with E-state index in [1.807, 2.05) is 17.4 Å². The fourth-order valence-electron chi connectivity index (χ4n) is 5.12. The number of nitrogens with one attached hydrogen (secondary N) is 2. The van der Waals surface area contributed by atoms with Crippen LogP contribution >= 0.6 is 11.3 Å². The molecule has 7 aromatic rings. The molecule has 0 saturated carbocycles. The Balaban J connectivity index is 1.17. The Bertz CT molecular complexity index is 1870. The van der Waals surface area contributed by atoms with E-state index in [9.17, 15) is 0 Å². The molecule has 2 nitrogen and oxygen atoms in total. The topological polar surface area (TPSA) is 24.1 Å². The van der Waals surface area contributed by atoms with Crippen molar-refractivity contribution in [1.29, 1.82) is 0 Å². The van der Waals surface area contributed by atoms with E-state index in [1.54, 1.807) is 0 Å². The molecule has 39 heavy (non-hydrogen) atoms. The van der Waals surface area contributed by atoms with Crippen molar-refractivity contribution in [3.8, 4) is 22.3 Å². The Morgan fingerprint density at radius 3 is 1.62 bits per heavy atom. The van der Waals surface area contributed by atoms with Crippen LogP contribution in [0.5, 0.6) is 0 Å². The molecule has 0 unspecified atom stereocenters. The standard InChI is InChI=1S/C36H26N2S/c1-3-9-25(10-4-1)26-15-17-28(18-16-26)37-29-19-21-30(22-20-29)38-33-24-23-32-31-13-7-8-14-34(31)39-36(32)35(33)27-11-5-2-6-12-27/h1-24,37-38H. The molecule has 0 atom stereocenters. The smallest absolute Gasteiger partial charge is 0.0478 e. The van der Waals surface area contributed by atoms with Crippen LogP contribution in [0.4, 0.5) is 22.7 Å². The number of thiophene rings is 1. The zero-order valence-corrected chi connectivity index (χ0v) is 22.1. The summed E-state index contributed by atoms with van der Waals surface area (Å²) in [7, 11) is 0. The van der Waals surface area contributed by atoms with Crippen LogP contribution < -0.4 is 10.6 Å². The molecule has 6 aromatic carbocycles. The monoisotopic (exact) mass is 518 g/mol. The fourth-order valence-corrected chi connectivity index (χ4v) is 6.39. The van der Waals surface area contributed by atoms with Crippen molar-refractivity contribution in [2.24, 2.45) is 0 Å². The van der Waals surface area contributed by atoms with Gasteiger partial charge in [-0.25, -0.2) is 0 Å². The van der Waals surface area contributed by atoms with Gasteiger partial charge in [-0.3, -0.25) is 0 Å². The minimum absolute atomic E-state index is 1.05. The average Bonchev–Trinajstić information content (AvgIpc) is 3.38. The van der Waals surface area contributed by atoms with Gasteiger partial charge < -0.3 is 10.6 Å². The molecule has 0 saturated heterocycles. The van der Waals surface area contributed by atoms with Gasteiger partial charge in [0.25, 0.3) is 0 Å². The zero-order chi connectivity index (χ0) is 26.0. The van der Waals surface area contributed by atoms with Gasteiger partial charge >= 0.3 is 0 Å². The molecule has 0 bridgehead atoms. The van der Waals surface area contributed by atoms with E-state index in [-0.39, 0.29) is 0 Å². The summed E-state index contributed by atoms with van der Waals surface area (Å²) in [6.45, 7) is 0. The van der Waals surface area contributed by atoms with Crippen molar-refractivity contribution in [1.82, 2.24) is 0 Å². The maximum Gasteiger partial charge on any atom is 0.0478 e. The van der Waals surface area contributed by atoms with E-state index in [0.717, 1.165) is 22.7 Å². The lowest BCUT2D eigenvalue weighted by Crippen LogP contribution is -1.95. The first-order valence-corrected chi connectivity index (χ1v) is 13.9. The van der Waals surface area contributed by atoms with E-state index in [2.05, 4.69) is 150 Å². The lowest BCUT2D eigenvalue weighted by atomic mass is 10.0. The minimum Gasteiger partial charge on any atom is -0.356 e. The number of anilines is 4. The minimum atomic E-state index is 1.05. The van der Waals surface area contributed by atoms with Gasteiger partial charge in [0, 0.05) is 48.5 Å². The van der Waals surface area contributed by atoms with E-state index < -0.39 is 0 Å². The van der Waals surface area contributed by atoms with Crippen LogP contribution in [0.15, 0.2) is 146 Å². The van der Waals surface area contributed by atoms with Gasteiger partial charge in [-0.15, -0.1) is 11.3 Å². The van der Waals surface area contributed by atoms with Crippen molar-refractivity contribution in [2.45, 2.75) is 0 Å². The normalized spacial score (nSPS) is 11.1. The highest BCUT2D eigenvalue weighted by atomic mass is 32.1. The van der Waals surface area contributed by atoms with Crippen molar-refractivity contribution in [3.05, 3.63) is 146 Å². The molecule has 3 heteroatoms. The Labute approximate surface area is 232 Å². The molecule has 1 aromatic heterocycles. The van der Waals surface area contributed by atoms with Crippen LogP contribution in [0.3, 0.4) is 0 Å². The number of hydrogen-bond acceptors (Lipinski definition) is 3. The third kappa shape index (κ3) is 4.65. The van der Waals surface area contributed by atoms with Crippen molar-refractivity contribution >= 4 is 54.3 Å². The summed E-state index contributed by atoms with van der Waals surface area (Å²) in [4.78, 5) is 0.